The van der Waals surface area contributed by atoms with E-state index in [9.17, 15) is 22.8 Å². The van der Waals surface area contributed by atoms with Crippen LogP contribution in [0.2, 0.25) is 0 Å². The highest BCUT2D eigenvalue weighted by molar-refractivity contribution is 6.37. The number of aliphatic carboxylic acids is 1. The minimum atomic E-state index is -5.08. The molecule has 5 N–H and O–H groups in total. The summed E-state index contributed by atoms with van der Waals surface area (Å²) in [6, 6.07) is 23.1. The fourth-order valence-electron chi connectivity index (χ4n) is 4.40. The molecule has 0 saturated carbocycles. The van der Waals surface area contributed by atoms with Gasteiger partial charge in [0.05, 0.1) is 11.3 Å². The lowest BCUT2D eigenvalue weighted by Gasteiger charge is -2.19. The lowest BCUT2D eigenvalue weighted by Crippen LogP contribution is -2.23. The van der Waals surface area contributed by atoms with E-state index in [2.05, 4.69) is 53.7 Å². The zero-order valence-corrected chi connectivity index (χ0v) is 24.0. The Kier molecular flexibility index (Phi) is 11.1. The molecule has 3 aromatic carbocycles. The van der Waals surface area contributed by atoms with Crippen LogP contribution in [0.3, 0.4) is 0 Å². The number of nitrogens with one attached hydrogen (secondary N) is 2. The van der Waals surface area contributed by atoms with Gasteiger partial charge in [-0.2, -0.15) is 13.2 Å². The molecular formula is C31H34F3N5O4. The predicted octanol–water partition coefficient (Wildman–Crippen LogP) is 4.73. The van der Waals surface area contributed by atoms with Crippen LogP contribution in [-0.2, 0) is 16.1 Å². The number of carboxylic acids is 1. The number of carbonyl (C=O) groups excluding carboxylic acids is 2. The van der Waals surface area contributed by atoms with Crippen LogP contribution >= 0.6 is 0 Å². The Balaban J connectivity index is 0.000000646. The SMILES string of the molecule is CN(C)CCCN(C)Cc1cccc(NC(=C2C(=O)Nc3cc(C(N)=O)ccc32)c2ccccc2)c1.O=C(O)C(F)(F)F. The summed E-state index contributed by atoms with van der Waals surface area (Å²) in [7, 11) is 6.31. The van der Waals surface area contributed by atoms with Crippen molar-refractivity contribution in [2.45, 2.75) is 19.1 Å². The standard InChI is InChI=1S/C29H33N5O2.C2HF3O2/c1-33(2)15-8-16-34(3)19-20-9-7-12-23(17-20)31-27(21-10-5-4-6-11-21)26-24-14-13-22(28(30)35)18-25(24)32-29(26)36;3-2(4,5)1(6)7/h4-7,9-14,17-18,31H,8,15-16,19H2,1-3H3,(H2,30,35)(H,32,36);(H,6,7). The first kappa shape index (κ1) is 32.8. The molecule has 0 unspecified atom stereocenters. The topological polar surface area (TPSA) is 128 Å². The molecular weight excluding hydrogens is 563 g/mol. The Morgan fingerprint density at radius 2 is 1.60 bits per heavy atom. The number of alkyl halides is 3. The van der Waals surface area contributed by atoms with E-state index in [1.165, 1.54) is 5.56 Å². The van der Waals surface area contributed by atoms with E-state index in [0.29, 0.717) is 22.5 Å². The number of fused-ring (bicyclic) bond motifs is 1. The highest BCUT2D eigenvalue weighted by Crippen LogP contribution is 2.38. The molecule has 0 radical (unpaired) electrons. The van der Waals surface area contributed by atoms with E-state index in [4.69, 9.17) is 15.6 Å². The fourth-order valence-corrected chi connectivity index (χ4v) is 4.40. The molecule has 0 aromatic heterocycles. The van der Waals surface area contributed by atoms with Crippen LogP contribution in [0, 0.1) is 0 Å². The molecule has 1 aliphatic heterocycles. The second-order valence-electron chi connectivity index (χ2n) is 10.2. The lowest BCUT2D eigenvalue weighted by molar-refractivity contribution is -0.192. The Morgan fingerprint density at radius 3 is 2.21 bits per heavy atom. The molecule has 9 nitrogen and oxygen atoms in total. The molecule has 0 bridgehead atoms. The highest BCUT2D eigenvalue weighted by atomic mass is 19.4. The number of primary amides is 1. The normalized spacial score (nSPS) is 13.6. The smallest absolute Gasteiger partial charge is 0.475 e. The number of hydrogen-bond donors (Lipinski definition) is 4. The van der Waals surface area contributed by atoms with Gasteiger partial charge in [-0.1, -0.05) is 48.5 Å². The van der Waals surface area contributed by atoms with Gasteiger partial charge in [-0.3, -0.25) is 9.59 Å². The number of benzene rings is 3. The number of carboxylic acid groups (broad SMARTS) is 1. The minimum absolute atomic E-state index is 0.227. The molecule has 228 valence electrons. The van der Waals surface area contributed by atoms with Crippen molar-refractivity contribution in [2.75, 3.05) is 44.9 Å². The van der Waals surface area contributed by atoms with Crippen molar-refractivity contribution < 1.29 is 32.7 Å². The van der Waals surface area contributed by atoms with Crippen LogP contribution in [0.1, 0.15) is 33.5 Å². The van der Waals surface area contributed by atoms with Crippen molar-refractivity contribution in [1.29, 1.82) is 0 Å². The van der Waals surface area contributed by atoms with Crippen LogP contribution in [0.25, 0.3) is 11.3 Å². The maximum absolute atomic E-state index is 13.1. The van der Waals surface area contributed by atoms with Gasteiger partial charge in [0.1, 0.15) is 0 Å². The van der Waals surface area contributed by atoms with Gasteiger partial charge in [0, 0.05) is 29.0 Å². The first-order valence-electron chi connectivity index (χ1n) is 13.3. The van der Waals surface area contributed by atoms with Crippen molar-refractivity contribution in [2.24, 2.45) is 5.73 Å². The molecule has 12 heteroatoms. The number of amides is 2. The molecule has 2 amide bonds. The Bertz CT molecular complexity index is 1490. The first-order chi connectivity index (χ1) is 20.3. The molecule has 0 saturated heterocycles. The van der Waals surface area contributed by atoms with E-state index >= 15 is 0 Å². The number of anilines is 2. The Morgan fingerprint density at radius 1 is 0.930 bits per heavy atom. The van der Waals surface area contributed by atoms with E-state index < -0.39 is 18.1 Å². The average Bonchev–Trinajstić information content (AvgIpc) is 3.26. The number of nitrogens with two attached hydrogens (primary N) is 1. The molecule has 1 aliphatic rings. The average molecular weight is 598 g/mol. The molecule has 0 aliphatic carbocycles. The number of rotatable bonds is 10. The van der Waals surface area contributed by atoms with E-state index in [0.717, 1.165) is 42.9 Å². The van der Waals surface area contributed by atoms with Gasteiger partial charge >= 0.3 is 12.1 Å². The number of nitrogens with zero attached hydrogens (tertiary/aromatic N) is 2. The summed E-state index contributed by atoms with van der Waals surface area (Å²) in [6.07, 6.45) is -3.97. The van der Waals surface area contributed by atoms with Gasteiger partial charge < -0.3 is 31.3 Å². The summed E-state index contributed by atoms with van der Waals surface area (Å²) in [5, 5.41) is 13.5. The van der Waals surface area contributed by atoms with Crippen LogP contribution in [0.15, 0.2) is 72.8 Å². The van der Waals surface area contributed by atoms with E-state index in [-0.39, 0.29) is 5.91 Å². The number of carbonyl (C=O) groups is 3. The van der Waals surface area contributed by atoms with Crippen molar-refractivity contribution in [3.05, 3.63) is 95.1 Å². The maximum atomic E-state index is 13.1. The Labute approximate surface area is 247 Å². The first-order valence-corrected chi connectivity index (χ1v) is 13.3. The molecule has 43 heavy (non-hydrogen) atoms. The monoisotopic (exact) mass is 597 g/mol. The maximum Gasteiger partial charge on any atom is 0.490 e. The Hall–Kier alpha value is -4.68. The van der Waals surface area contributed by atoms with Gasteiger partial charge in [-0.15, -0.1) is 0 Å². The van der Waals surface area contributed by atoms with Gasteiger partial charge in [-0.25, -0.2) is 4.79 Å². The number of hydrogen-bond acceptors (Lipinski definition) is 6. The van der Waals surface area contributed by atoms with Crippen LogP contribution in [0.4, 0.5) is 24.5 Å². The molecule has 0 spiro atoms. The van der Waals surface area contributed by atoms with Gasteiger partial charge in [0.15, 0.2) is 0 Å². The number of halogens is 3. The summed E-state index contributed by atoms with van der Waals surface area (Å²) in [6.45, 7) is 2.91. The zero-order chi connectivity index (χ0) is 31.7. The molecule has 0 fully saturated rings. The van der Waals surface area contributed by atoms with E-state index in [1.54, 1.807) is 18.2 Å². The zero-order valence-electron chi connectivity index (χ0n) is 24.0. The molecule has 0 atom stereocenters. The minimum Gasteiger partial charge on any atom is -0.475 e. The third kappa shape index (κ3) is 9.42. The summed E-state index contributed by atoms with van der Waals surface area (Å²) >= 11 is 0. The lowest BCUT2D eigenvalue weighted by atomic mass is 9.99. The van der Waals surface area contributed by atoms with Crippen molar-refractivity contribution in [3.63, 3.8) is 0 Å². The van der Waals surface area contributed by atoms with Crippen LogP contribution in [0.5, 0.6) is 0 Å². The third-order valence-electron chi connectivity index (χ3n) is 6.40. The van der Waals surface area contributed by atoms with Crippen molar-refractivity contribution in [1.82, 2.24) is 9.80 Å². The fraction of sp³-hybridized carbons (Fsp3) is 0.258. The largest absolute Gasteiger partial charge is 0.490 e. The molecule has 1 heterocycles. The highest BCUT2D eigenvalue weighted by Gasteiger charge is 2.38. The third-order valence-corrected chi connectivity index (χ3v) is 6.40. The summed E-state index contributed by atoms with van der Waals surface area (Å²) in [5.41, 5.74) is 11.3. The summed E-state index contributed by atoms with van der Waals surface area (Å²) in [5.74, 6) is -3.52. The van der Waals surface area contributed by atoms with Gasteiger partial charge in [0.25, 0.3) is 5.91 Å². The van der Waals surface area contributed by atoms with E-state index in [1.807, 2.05) is 42.5 Å². The van der Waals surface area contributed by atoms with Gasteiger partial charge in [0.2, 0.25) is 5.91 Å². The van der Waals surface area contributed by atoms with Crippen molar-refractivity contribution >= 4 is 40.4 Å². The second-order valence-corrected chi connectivity index (χ2v) is 10.2. The second kappa shape index (κ2) is 14.5. The van der Waals surface area contributed by atoms with Crippen molar-refractivity contribution in [3.8, 4) is 0 Å². The van der Waals surface area contributed by atoms with Crippen LogP contribution < -0.4 is 16.4 Å². The van der Waals surface area contributed by atoms with Crippen LogP contribution in [-0.4, -0.2) is 73.1 Å². The van der Waals surface area contributed by atoms with Gasteiger partial charge in [-0.05, 0) is 76.0 Å². The summed E-state index contributed by atoms with van der Waals surface area (Å²) < 4.78 is 31.7. The predicted molar refractivity (Wildman–Crippen MR) is 160 cm³/mol. The summed E-state index contributed by atoms with van der Waals surface area (Å²) in [4.78, 5) is 38.2. The quantitative estimate of drug-likeness (QED) is 0.249. The molecule has 4 rings (SSSR count). The molecule has 3 aromatic rings.